The second-order valence-corrected chi connectivity index (χ2v) is 2.94. The average molecular weight is 192 g/mol. The van der Waals surface area contributed by atoms with Crippen LogP contribution < -0.4 is 0 Å². The molecule has 0 aromatic carbocycles. The molecule has 0 rings (SSSR count). The zero-order valence-electron chi connectivity index (χ0n) is 9.42. The number of ether oxygens (including phenoxy) is 1. The van der Waals surface area contributed by atoms with Crippen LogP contribution in [0.1, 0.15) is 26.7 Å². The van der Waals surface area contributed by atoms with Gasteiger partial charge in [0.2, 0.25) is 0 Å². The number of hydrogen-bond acceptors (Lipinski definition) is 1. The fourth-order valence-corrected chi connectivity index (χ4v) is 1.22. The Labute approximate surface area is 87.5 Å². The summed E-state index contributed by atoms with van der Waals surface area (Å²) in [6.07, 6.45) is 11.9. The first kappa shape index (κ1) is 12.8. The van der Waals surface area contributed by atoms with Crippen LogP contribution in [0.4, 0.5) is 0 Å². The molecule has 0 atom stereocenters. The van der Waals surface area contributed by atoms with E-state index in [0.717, 1.165) is 18.6 Å². The van der Waals surface area contributed by atoms with Gasteiger partial charge in [0.05, 0.1) is 7.11 Å². The topological polar surface area (TPSA) is 9.23 Å². The van der Waals surface area contributed by atoms with Gasteiger partial charge in [0, 0.05) is 0 Å². The van der Waals surface area contributed by atoms with Crippen LogP contribution in [0.2, 0.25) is 0 Å². The zero-order chi connectivity index (χ0) is 10.8. The summed E-state index contributed by atoms with van der Waals surface area (Å²) in [6.45, 7) is 7.81. The second kappa shape index (κ2) is 8.36. The van der Waals surface area contributed by atoms with Gasteiger partial charge in [-0.25, -0.2) is 0 Å². The van der Waals surface area contributed by atoms with Crippen LogP contribution in [0.15, 0.2) is 48.3 Å². The minimum absolute atomic E-state index is 0.921. The molecule has 0 aliphatic carbocycles. The van der Waals surface area contributed by atoms with Crippen molar-refractivity contribution in [3.05, 3.63) is 48.3 Å². The normalized spacial score (nSPS) is 13.4. The van der Waals surface area contributed by atoms with Crippen molar-refractivity contribution in [1.82, 2.24) is 0 Å². The summed E-state index contributed by atoms with van der Waals surface area (Å²) in [5.41, 5.74) is 1.23. The molecule has 0 spiro atoms. The molecule has 0 amide bonds. The van der Waals surface area contributed by atoms with Crippen molar-refractivity contribution in [2.45, 2.75) is 26.7 Å². The third-order valence-corrected chi connectivity index (χ3v) is 1.81. The molecule has 0 aliphatic heterocycles. The molecule has 0 saturated carbocycles. The van der Waals surface area contributed by atoms with E-state index in [1.54, 1.807) is 13.2 Å². The summed E-state index contributed by atoms with van der Waals surface area (Å²) in [6, 6.07) is 0. The van der Waals surface area contributed by atoms with Gasteiger partial charge >= 0.3 is 0 Å². The third-order valence-electron chi connectivity index (χ3n) is 1.81. The Hall–Kier alpha value is -1.24. The van der Waals surface area contributed by atoms with E-state index < -0.39 is 0 Å². The van der Waals surface area contributed by atoms with E-state index in [1.807, 2.05) is 25.2 Å². The van der Waals surface area contributed by atoms with Crippen molar-refractivity contribution >= 4 is 0 Å². The first-order chi connectivity index (χ1) is 6.79. The summed E-state index contributed by atoms with van der Waals surface area (Å²) in [4.78, 5) is 0. The molecule has 0 unspecified atom stereocenters. The van der Waals surface area contributed by atoms with E-state index in [1.165, 1.54) is 5.57 Å². The maximum atomic E-state index is 5.31. The number of methoxy groups -OCH3 is 1. The molecule has 78 valence electrons. The van der Waals surface area contributed by atoms with Crippen LogP contribution in [-0.2, 0) is 4.74 Å². The molecule has 0 N–H and O–H groups in total. The van der Waals surface area contributed by atoms with Crippen molar-refractivity contribution < 1.29 is 4.74 Å². The lowest BCUT2D eigenvalue weighted by atomic mass is 10.1. The fraction of sp³-hybridized carbons (Fsp3) is 0.385. The Morgan fingerprint density at radius 2 is 2.07 bits per heavy atom. The molecule has 0 aromatic heterocycles. The first-order valence-corrected chi connectivity index (χ1v) is 4.99. The van der Waals surface area contributed by atoms with Crippen molar-refractivity contribution in [1.29, 1.82) is 0 Å². The fourth-order valence-electron chi connectivity index (χ4n) is 1.22. The standard InChI is InChI=1S/C13H20O/c1-5-8-11-13(14-4)12(9-6-2)10-7-3/h5-6,8-9,11H,1,7,10H2,2-4H3/b9-6+,11-8+,13-12+. The molecule has 0 bridgehead atoms. The van der Waals surface area contributed by atoms with Gasteiger partial charge in [-0.05, 0) is 25.0 Å². The van der Waals surface area contributed by atoms with Gasteiger partial charge in [-0.1, -0.05) is 44.2 Å². The minimum Gasteiger partial charge on any atom is -0.496 e. The summed E-state index contributed by atoms with van der Waals surface area (Å²) >= 11 is 0. The number of hydrogen-bond donors (Lipinski definition) is 0. The molecule has 14 heavy (non-hydrogen) atoms. The van der Waals surface area contributed by atoms with E-state index >= 15 is 0 Å². The van der Waals surface area contributed by atoms with E-state index in [0.29, 0.717) is 0 Å². The summed E-state index contributed by atoms with van der Waals surface area (Å²) in [5, 5.41) is 0. The van der Waals surface area contributed by atoms with Gasteiger partial charge in [-0.15, -0.1) is 0 Å². The van der Waals surface area contributed by atoms with Crippen molar-refractivity contribution in [3.8, 4) is 0 Å². The van der Waals surface area contributed by atoms with E-state index in [2.05, 4.69) is 19.6 Å². The van der Waals surface area contributed by atoms with Crippen molar-refractivity contribution in [3.63, 3.8) is 0 Å². The molecule has 1 heteroatoms. The smallest absolute Gasteiger partial charge is 0.122 e. The number of rotatable bonds is 6. The van der Waals surface area contributed by atoms with Crippen LogP contribution in [0, 0.1) is 0 Å². The van der Waals surface area contributed by atoms with Crippen molar-refractivity contribution in [2.24, 2.45) is 0 Å². The third kappa shape index (κ3) is 4.70. The molecule has 0 saturated heterocycles. The Balaban J connectivity index is 4.85. The SMILES string of the molecule is C=C/C=C/C(OC)=C(/C=C/C)CCC. The highest BCUT2D eigenvalue weighted by Gasteiger charge is 1.99. The Bertz CT molecular complexity index is 244. The molecule has 0 radical (unpaired) electrons. The summed E-state index contributed by atoms with van der Waals surface area (Å²) in [5.74, 6) is 0.921. The van der Waals surface area contributed by atoms with Gasteiger partial charge in [0.15, 0.2) is 0 Å². The molecule has 1 nitrogen and oxygen atoms in total. The van der Waals surface area contributed by atoms with Gasteiger partial charge < -0.3 is 4.74 Å². The summed E-state index contributed by atoms with van der Waals surface area (Å²) in [7, 11) is 1.70. The lowest BCUT2D eigenvalue weighted by Crippen LogP contribution is -1.90. The quantitative estimate of drug-likeness (QED) is 0.456. The molecule has 0 aromatic rings. The van der Waals surface area contributed by atoms with Crippen LogP contribution in [-0.4, -0.2) is 7.11 Å². The zero-order valence-corrected chi connectivity index (χ0v) is 9.42. The van der Waals surface area contributed by atoms with Gasteiger partial charge in [-0.2, -0.15) is 0 Å². The Morgan fingerprint density at radius 1 is 1.36 bits per heavy atom. The lowest BCUT2D eigenvalue weighted by Gasteiger charge is -2.06. The number of allylic oxidation sites excluding steroid dienone is 6. The highest BCUT2D eigenvalue weighted by atomic mass is 16.5. The monoisotopic (exact) mass is 192 g/mol. The van der Waals surface area contributed by atoms with E-state index in [-0.39, 0.29) is 0 Å². The van der Waals surface area contributed by atoms with E-state index in [9.17, 15) is 0 Å². The minimum atomic E-state index is 0.921. The van der Waals surface area contributed by atoms with Crippen LogP contribution in [0.3, 0.4) is 0 Å². The van der Waals surface area contributed by atoms with Gasteiger partial charge in [-0.3, -0.25) is 0 Å². The largest absolute Gasteiger partial charge is 0.496 e. The molecule has 0 heterocycles. The lowest BCUT2D eigenvalue weighted by molar-refractivity contribution is 0.302. The van der Waals surface area contributed by atoms with Gasteiger partial charge in [0.1, 0.15) is 5.76 Å². The van der Waals surface area contributed by atoms with Crippen LogP contribution in [0.25, 0.3) is 0 Å². The Morgan fingerprint density at radius 3 is 2.50 bits per heavy atom. The Kier molecular flexibility index (Phi) is 7.62. The molecular weight excluding hydrogens is 172 g/mol. The predicted octanol–water partition coefficient (Wildman–Crippen LogP) is 4.01. The molecular formula is C13H20O. The summed E-state index contributed by atoms with van der Waals surface area (Å²) < 4.78 is 5.31. The molecule has 0 aliphatic rings. The van der Waals surface area contributed by atoms with Crippen LogP contribution in [0.5, 0.6) is 0 Å². The van der Waals surface area contributed by atoms with Gasteiger partial charge in [0.25, 0.3) is 0 Å². The average Bonchev–Trinajstić information content (AvgIpc) is 2.19. The molecule has 0 fully saturated rings. The maximum Gasteiger partial charge on any atom is 0.122 e. The second-order valence-electron chi connectivity index (χ2n) is 2.94. The van der Waals surface area contributed by atoms with Crippen molar-refractivity contribution in [2.75, 3.05) is 7.11 Å². The maximum absolute atomic E-state index is 5.31. The van der Waals surface area contributed by atoms with Crippen LogP contribution >= 0.6 is 0 Å². The highest BCUT2D eigenvalue weighted by Crippen LogP contribution is 2.14. The van der Waals surface area contributed by atoms with E-state index in [4.69, 9.17) is 4.74 Å². The highest BCUT2D eigenvalue weighted by molar-refractivity contribution is 5.30. The predicted molar refractivity (Wildman–Crippen MR) is 63.1 cm³/mol. The first-order valence-electron chi connectivity index (χ1n) is 4.99.